The van der Waals surface area contributed by atoms with Crippen LogP contribution in [-0.4, -0.2) is 54.3 Å². The highest BCUT2D eigenvalue weighted by Gasteiger charge is 2.34. The molecule has 17 heavy (non-hydrogen) atoms. The highest BCUT2D eigenvalue weighted by molar-refractivity contribution is 5.83. The summed E-state index contributed by atoms with van der Waals surface area (Å²) in [5, 5.41) is 0. The number of nitrogens with zero attached hydrogens (tertiary/aromatic N) is 2. The largest absolute Gasteiger partial charge is 0.368 e. The molecule has 96 valence electrons. The number of carbonyl (C=O) groups excluding carboxylic acids is 2. The molecule has 1 aliphatic heterocycles. The van der Waals surface area contributed by atoms with Crippen LogP contribution in [0.4, 0.5) is 0 Å². The predicted molar refractivity (Wildman–Crippen MR) is 64.2 cm³/mol. The zero-order chi connectivity index (χ0) is 12.4. The van der Waals surface area contributed by atoms with Crippen molar-refractivity contribution < 1.29 is 9.59 Å². The molecule has 0 aromatic heterocycles. The van der Waals surface area contributed by atoms with Crippen molar-refractivity contribution in [2.75, 3.05) is 26.7 Å². The third-order valence-corrected chi connectivity index (χ3v) is 3.99. The van der Waals surface area contributed by atoms with Crippen molar-refractivity contribution in [3.05, 3.63) is 0 Å². The highest BCUT2D eigenvalue weighted by Crippen LogP contribution is 2.27. The third kappa shape index (κ3) is 2.60. The smallest absolute Gasteiger partial charge is 0.236 e. The first-order valence-corrected chi connectivity index (χ1v) is 6.38. The lowest BCUT2D eigenvalue weighted by Crippen LogP contribution is -2.58. The van der Waals surface area contributed by atoms with E-state index in [2.05, 4.69) is 0 Å². The van der Waals surface area contributed by atoms with E-state index in [0.717, 1.165) is 38.8 Å². The van der Waals surface area contributed by atoms with Gasteiger partial charge in [0.15, 0.2) is 0 Å². The van der Waals surface area contributed by atoms with Crippen molar-refractivity contribution in [2.24, 2.45) is 11.7 Å². The fourth-order valence-electron chi connectivity index (χ4n) is 2.81. The number of piperazine rings is 1. The summed E-state index contributed by atoms with van der Waals surface area (Å²) >= 11 is 0. The van der Waals surface area contributed by atoms with E-state index in [4.69, 9.17) is 5.73 Å². The Labute approximate surface area is 102 Å². The van der Waals surface area contributed by atoms with Crippen LogP contribution in [0.2, 0.25) is 0 Å². The number of primary amides is 1. The van der Waals surface area contributed by atoms with E-state index in [-0.39, 0.29) is 23.8 Å². The molecule has 1 heterocycles. The van der Waals surface area contributed by atoms with Crippen LogP contribution >= 0.6 is 0 Å². The average Bonchev–Trinajstić information content (AvgIpc) is 2.81. The Morgan fingerprint density at radius 1 is 1.18 bits per heavy atom. The second-order valence-electron chi connectivity index (χ2n) is 5.16. The van der Waals surface area contributed by atoms with Crippen LogP contribution in [0, 0.1) is 5.92 Å². The number of likely N-dealkylation sites (N-methyl/N-ethyl adjacent to an activating group) is 1. The fourth-order valence-corrected chi connectivity index (χ4v) is 2.81. The first-order valence-electron chi connectivity index (χ1n) is 6.38. The van der Waals surface area contributed by atoms with Gasteiger partial charge in [-0.2, -0.15) is 0 Å². The Morgan fingerprint density at radius 2 is 1.82 bits per heavy atom. The van der Waals surface area contributed by atoms with Crippen molar-refractivity contribution in [3.63, 3.8) is 0 Å². The molecule has 1 atom stereocenters. The number of hydrogen-bond donors (Lipinski definition) is 1. The number of rotatable bonds is 2. The maximum absolute atomic E-state index is 12.2. The van der Waals surface area contributed by atoms with E-state index in [1.807, 2.05) is 16.8 Å². The monoisotopic (exact) mass is 239 g/mol. The molecule has 2 fully saturated rings. The van der Waals surface area contributed by atoms with Crippen molar-refractivity contribution in [2.45, 2.75) is 31.7 Å². The molecule has 1 aliphatic carbocycles. The molecule has 0 radical (unpaired) electrons. The first kappa shape index (κ1) is 12.4. The molecule has 2 N–H and O–H groups in total. The minimum absolute atomic E-state index is 0.187. The van der Waals surface area contributed by atoms with Crippen LogP contribution < -0.4 is 5.73 Å². The lowest BCUT2D eigenvalue weighted by Gasteiger charge is -2.38. The molecule has 0 aromatic rings. The van der Waals surface area contributed by atoms with Gasteiger partial charge in [-0.1, -0.05) is 12.8 Å². The van der Waals surface area contributed by atoms with E-state index in [1.165, 1.54) is 0 Å². The van der Waals surface area contributed by atoms with Crippen LogP contribution in [0.3, 0.4) is 0 Å². The van der Waals surface area contributed by atoms with Crippen LogP contribution in [0.15, 0.2) is 0 Å². The van der Waals surface area contributed by atoms with Gasteiger partial charge in [-0.05, 0) is 19.9 Å². The average molecular weight is 239 g/mol. The Balaban J connectivity index is 1.97. The topological polar surface area (TPSA) is 66.6 Å². The number of nitrogens with two attached hydrogens (primary N) is 1. The molecule has 2 rings (SSSR count). The number of amides is 2. The zero-order valence-corrected chi connectivity index (χ0v) is 10.4. The summed E-state index contributed by atoms with van der Waals surface area (Å²) in [6.07, 6.45) is 4.33. The van der Waals surface area contributed by atoms with Gasteiger partial charge in [0.05, 0.1) is 0 Å². The lowest BCUT2D eigenvalue weighted by atomic mass is 10.0. The molecule has 0 spiro atoms. The van der Waals surface area contributed by atoms with Crippen molar-refractivity contribution in [3.8, 4) is 0 Å². The van der Waals surface area contributed by atoms with E-state index in [0.29, 0.717) is 6.54 Å². The molecule has 5 heteroatoms. The second-order valence-corrected chi connectivity index (χ2v) is 5.16. The van der Waals surface area contributed by atoms with Gasteiger partial charge in [-0.25, -0.2) is 0 Å². The summed E-state index contributed by atoms with van der Waals surface area (Å²) in [4.78, 5) is 27.3. The summed E-state index contributed by atoms with van der Waals surface area (Å²) in [6.45, 7) is 1.91. The summed E-state index contributed by atoms with van der Waals surface area (Å²) in [6, 6.07) is -0.325. The Bertz CT molecular complexity index is 313. The van der Waals surface area contributed by atoms with Crippen molar-refractivity contribution in [1.82, 2.24) is 9.80 Å². The van der Waals surface area contributed by atoms with Crippen LogP contribution in [-0.2, 0) is 9.59 Å². The summed E-state index contributed by atoms with van der Waals surface area (Å²) in [7, 11) is 1.88. The van der Waals surface area contributed by atoms with E-state index in [1.54, 1.807) is 0 Å². The van der Waals surface area contributed by atoms with E-state index >= 15 is 0 Å². The molecular formula is C12H21N3O2. The normalized spacial score (nSPS) is 27.4. The van der Waals surface area contributed by atoms with Gasteiger partial charge >= 0.3 is 0 Å². The third-order valence-electron chi connectivity index (χ3n) is 3.99. The van der Waals surface area contributed by atoms with Crippen molar-refractivity contribution >= 4 is 11.8 Å². The molecule has 1 saturated carbocycles. The Morgan fingerprint density at radius 3 is 2.41 bits per heavy atom. The fraction of sp³-hybridized carbons (Fsp3) is 0.833. The van der Waals surface area contributed by atoms with Gasteiger partial charge in [0.2, 0.25) is 11.8 Å². The molecule has 2 amide bonds. The molecule has 1 unspecified atom stereocenters. The summed E-state index contributed by atoms with van der Waals surface area (Å²) in [5.41, 5.74) is 5.35. The predicted octanol–water partition coefficient (Wildman–Crippen LogP) is -0.195. The summed E-state index contributed by atoms with van der Waals surface area (Å²) < 4.78 is 0. The maximum atomic E-state index is 12.2. The van der Waals surface area contributed by atoms with Gasteiger partial charge in [0.1, 0.15) is 6.04 Å². The second kappa shape index (κ2) is 5.04. The quantitative estimate of drug-likeness (QED) is 0.726. The van der Waals surface area contributed by atoms with Crippen LogP contribution in [0.25, 0.3) is 0 Å². The molecule has 5 nitrogen and oxygen atoms in total. The Hall–Kier alpha value is -1.10. The molecule has 0 aromatic carbocycles. The minimum atomic E-state index is -0.337. The van der Waals surface area contributed by atoms with Gasteiger partial charge in [0, 0.05) is 25.6 Å². The van der Waals surface area contributed by atoms with Gasteiger partial charge in [0.25, 0.3) is 0 Å². The molecule has 2 aliphatic rings. The van der Waals surface area contributed by atoms with E-state index < -0.39 is 0 Å². The maximum Gasteiger partial charge on any atom is 0.236 e. The zero-order valence-electron chi connectivity index (χ0n) is 10.4. The Kier molecular flexibility index (Phi) is 3.66. The molecule has 0 bridgehead atoms. The first-order chi connectivity index (χ1) is 8.09. The highest BCUT2D eigenvalue weighted by atomic mass is 16.2. The van der Waals surface area contributed by atoms with Crippen LogP contribution in [0.1, 0.15) is 25.7 Å². The van der Waals surface area contributed by atoms with E-state index in [9.17, 15) is 9.59 Å². The standard InChI is InChI=1S/C12H21N3O2/c1-14-6-7-15(8-10(14)11(13)16)12(17)9-4-2-3-5-9/h9-10H,2-8H2,1H3,(H2,13,16). The number of carbonyl (C=O) groups is 2. The lowest BCUT2D eigenvalue weighted by molar-refractivity contribution is -0.140. The SMILES string of the molecule is CN1CCN(C(=O)C2CCCC2)CC1C(N)=O. The van der Waals surface area contributed by atoms with Crippen LogP contribution in [0.5, 0.6) is 0 Å². The van der Waals surface area contributed by atoms with Gasteiger partial charge < -0.3 is 10.6 Å². The molecular weight excluding hydrogens is 218 g/mol. The van der Waals surface area contributed by atoms with Gasteiger partial charge in [-0.15, -0.1) is 0 Å². The minimum Gasteiger partial charge on any atom is -0.368 e. The van der Waals surface area contributed by atoms with Crippen molar-refractivity contribution in [1.29, 1.82) is 0 Å². The summed E-state index contributed by atoms with van der Waals surface area (Å²) in [5.74, 6) is 0.0743. The molecule has 1 saturated heterocycles. The van der Waals surface area contributed by atoms with Gasteiger partial charge in [-0.3, -0.25) is 14.5 Å². The number of hydrogen-bond acceptors (Lipinski definition) is 3.